The predicted molar refractivity (Wildman–Crippen MR) is 85.6 cm³/mol. The van der Waals surface area contributed by atoms with Crippen molar-refractivity contribution >= 4 is 39.4 Å². The Labute approximate surface area is 137 Å². The van der Waals surface area contributed by atoms with E-state index in [-0.39, 0.29) is 24.8 Å². The van der Waals surface area contributed by atoms with Gasteiger partial charge in [0.15, 0.2) is 0 Å². The number of amides is 2. The Balaban J connectivity index is 2.46. The van der Waals surface area contributed by atoms with Gasteiger partial charge in [-0.05, 0) is 29.7 Å². The van der Waals surface area contributed by atoms with Crippen LogP contribution in [0.15, 0.2) is 30.3 Å². The number of hydrogen-bond acceptors (Lipinski definition) is 5. The van der Waals surface area contributed by atoms with Gasteiger partial charge >= 0.3 is 5.97 Å². The third kappa shape index (κ3) is 6.36. The van der Waals surface area contributed by atoms with Crippen molar-refractivity contribution in [3.8, 4) is 0 Å². The zero-order valence-corrected chi connectivity index (χ0v) is 13.6. The molecule has 0 unspecified atom stereocenters. The van der Waals surface area contributed by atoms with Gasteiger partial charge in [0.05, 0.1) is 13.2 Å². The fourth-order valence-corrected chi connectivity index (χ4v) is 2.30. The van der Waals surface area contributed by atoms with Crippen LogP contribution < -0.4 is 10.6 Å². The minimum Gasteiger partial charge on any atom is -0.464 e. The maximum Gasteiger partial charge on any atom is 0.329 e. The van der Waals surface area contributed by atoms with Crippen molar-refractivity contribution in [1.82, 2.24) is 10.6 Å². The largest absolute Gasteiger partial charge is 0.464 e. The lowest BCUT2D eigenvalue weighted by molar-refractivity contribution is -0.146. The Morgan fingerprint density at radius 3 is 2.55 bits per heavy atom. The van der Waals surface area contributed by atoms with Gasteiger partial charge in [0.1, 0.15) is 6.04 Å². The number of nitrogens with one attached hydrogen (secondary N) is 2. The summed E-state index contributed by atoms with van der Waals surface area (Å²) in [6.45, 7) is 1.64. The molecule has 0 aliphatic rings. The van der Waals surface area contributed by atoms with E-state index >= 15 is 0 Å². The summed E-state index contributed by atoms with van der Waals surface area (Å²) in [7, 11) is 6.42. The molecule has 0 bridgehead atoms. The van der Waals surface area contributed by atoms with Gasteiger partial charge in [-0.2, -0.15) is 0 Å². The average Bonchev–Trinajstić information content (AvgIpc) is 2.53. The molecule has 1 rings (SSSR count). The van der Waals surface area contributed by atoms with Crippen LogP contribution in [0, 0.1) is 0 Å². The first-order valence-corrected chi connectivity index (χ1v) is 8.42. The van der Waals surface area contributed by atoms with Crippen LogP contribution in [0.4, 0.5) is 0 Å². The van der Waals surface area contributed by atoms with Gasteiger partial charge in [-0.1, -0.05) is 29.2 Å². The average molecular weight is 345 g/mol. The molecule has 0 heterocycles. The molecule has 0 radical (unpaired) electrons. The predicted octanol–water partition coefficient (Wildman–Crippen LogP) is 1.35. The monoisotopic (exact) mass is 344 g/mol. The van der Waals surface area contributed by atoms with Crippen molar-refractivity contribution in [1.29, 1.82) is 0 Å². The van der Waals surface area contributed by atoms with E-state index in [0.717, 1.165) is 11.0 Å². The van der Waals surface area contributed by atoms with Crippen LogP contribution >= 0.6 is 21.7 Å². The molecule has 1 aromatic rings. The summed E-state index contributed by atoms with van der Waals surface area (Å²) in [6, 6.07) is 7.67. The maximum atomic E-state index is 11.8. The molecule has 0 aliphatic heterocycles. The number of hydrogen-bond donors (Lipinski definition) is 2. The number of carbonyl (C=O) groups excluding carboxylic acids is 3. The molecule has 0 aromatic heterocycles. The van der Waals surface area contributed by atoms with E-state index in [4.69, 9.17) is 15.4 Å². The van der Waals surface area contributed by atoms with Crippen molar-refractivity contribution in [3.05, 3.63) is 35.9 Å². The Morgan fingerprint density at radius 2 is 1.95 bits per heavy atom. The highest BCUT2D eigenvalue weighted by molar-refractivity contribution is 8.21. The van der Waals surface area contributed by atoms with E-state index in [1.165, 1.54) is 0 Å². The third-order valence-corrected chi connectivity index (χ3v) is 3.42. The van der Waals surface area contributed by atoms with Crippen LogP contribution in [0.2, 0.25) is 0 Å². The van der Waals surface area contributed by atoms with Crippen LogP contribution in [0.5, 0.6) is 0 Å². The Kier molecular flexibility index (Phi) is 8.39. The van der Waals surface area contributed by atoms with E-state index < -0.39 is 17.9 Å². The molecular formula is C14H17ClN2O4S. The second kappa shape index (κ2) is 10.1. The molecule has 0 saturated heterocycles. The van der Waals surface area contributed by atoms with Crippen molar-refractivity contribution < 1.29 is 19.1 Å². The molecule has 6 nitrogen and oxygen atoms in total. The lowest BCUT2D eigenvalue weighted by atomic mass is 10.2. The van der Waals surface area contributed by atoms with Crippen LogP contribution in [-0.4, -0.2) is 42.7 Å². The molecule has 22 heavy (non-hydrogen) atoms. The Morgan fingerprint density at radius 1 is 1.27 bits per heavy atom. The number of ether oxygens (including phenoxy) is 1. The number of esters is 1. The number of benzene rings is 1. The fraction of sp³-hybridized carbons (Fsp3) is 0.357. The SMILES string of the molecule is CCOC(=O)[C@H](CSCl)NC(=O)CNC(=O)c1ccccc1. The van der Waals surface area contributed by atoms with Crippen LogP contribution in [0.3, 0.4) is 0 Å². The van der Waals surface area contributed by atoms with Gasteiger partial charge in [0.25, 0.3) is 5.91 Å². The topological polar surface area (TPSA) is 84.5 Å². The van der Waals surface area contributed by atoms with Gasteiger partial charge < -0.3 is 15.4 Å². The van der Waals surface area contributed by atoms with Crippen molar-refractivity contribution in [3.63, 3.8) is 0 Å². The molecule has 8 heteroatoms. The lowest BCUT2D eigenvalue weighted by Gasteiger charge is -2.15. The fourth-order valence-electron chi connectivity index (χ4n) is 1.57. The molecule has 1 atom stereocenters. The van der Waals surface area contributed by atoms with Gasteiger partial charge in [0.2, 0.25) is 5.91 Å². The summed E-state index contributed by atoms with van der Waals surface area (Å²) in [5, 5.41) is 4.95. The highest BCUT2D eigenvalue weighted by Crippen LogP contribution is 2.08. The van der Waals surface area contributed by atoms with Gasteiger partial charge in [-0.25, -0.2) is 4.79 Å². The summed E-state index contributed by atoms with van der Waals surface area (Å²) >= 11 is 0. The van der Waals surface area contributed by atoms with Crippen LogP contribution in [0.1, 0.15) is 17.3 Å². The van der Waals surface area contributed by atoms with Crippen molar-refractivity contribution in [2.45, 2.75) is 13.0 Å². The second-order valence-corrected chi connectivity index (χ2v) is 5.40. The van der Waals surface area contributed by atoms with Crippen molar-refractivity contribution in [2.24, 2.45) is 0 Å². The summed E-state index contributed by atoms with van der Waals surface area (Å²) < 4.78 is 4.84. The summed E-state index contributed by atoms with van der Waals surface area (Å²) in [6.07, 6.45) is 0. The summed E-state index contributed by atoms with van der Waals surface area (Å²) in [4.78, 5) is 35.2. The minimum atomic E-state index is -0.844. The first kappa shape index (κ1) is 18.3. The normalized spacial score (nSPS) is 11.4. The number of halogens is 1. The highest BCUT2D eigenvalue weighted by atomic mass is 35.7. The molecule has 1 aromatic carbocycles. The van der Waals surface area contributed by atoms with E-state index in [1.54, 1.807) is 37.3 Å². The molecule has 0 saturated carbocycles. The standard InChI is InChI=1S/C14H17ClN2O4S/c1-2-21-14(20)11(9-22-15)17-12(18)8-16-13(19)10-6-4-3-5-7-10/h3-7,11H,2,8-9H2,1H3,(H,16,19)(H,17,18)/t11-/m0/s1. The third-order valence-electron chi connectivity index (χ3n) is 2.58. The molecular weight excluding hydrogens is 328 g/mol. The van der Waals surface area contributed by atoms with Crippen LogP contribution in [-0.2, 0) is 14.3 Å². The Hall–Kier alpha value is -1.73. The molecule has 120 valence electrons. The number of rotatable bonds is 8. The molecule has 2 N–H and O–H groups in total. The van der Waals surface area contributed by atoms with Gasteiger partial charge in [-0.3, -0.25) is 9.59 Å². The van der Waals surface area contributed by atoms with E-state index in [0.29, 0.717) is 5.56 Å². The smallest absolute Gasteiger partial charge is 0.329 e. The second-order valence-electron chi connectivity index (χ2n) is 4.20. The van der Waals surface area contributed by atoms with E-state index in [9.17, 15) is 14.4 Å². The molecule has 2 amide bonds. The molecule has 0 fully saturated rings. The quantitative estimate of drug-likeness (QED) is 0.695. The zero-order chi connectivity index (χ0) is 16.4. The van der Waals surface area contributed by atoms with Gasteiger partial charge in [0, 0.05) is 11.3 Å². The first-order valence-electron chi connectivity index (χ1n) is 6.61. The first-order chi connectivity index (χ1) is 10.6. The summed E-state index contributed by atoms with van der Waals surface area (Å²) in [5.74, 6) is -1.24. The van der Waals surface area contributed by atoms with Crippen molar-refractivity contribution in [2.75, 3.05) is 18.9 Å². The summed E-state index contributed by atoms with van der Waals surface area (Å²) in [5.41, 5.74) is 0.452. The lowest BCUT2D eigenvalue weighted by Crippen LogP contribution is -2.47. The van der Waals surface area contributed by atoms with E-state index in [1.807, 2.05) is 0 Å². The zero-order valence-electron chi connectivity index (χ0n) is 12.0. The Bertz CT molecular complexity index is 513. The number of carbonyl (C=O) groups is 3. The maximum absolute atomic E-state index is 11.8. The molecule has 0 aliphatic carbocycles. The molecule has 0 spiro atoms. The van der Waals surface area contributed by atoms with E-state index in [2.05, 4.69) is 10.6 Å². The minimum absolute atomic E-state index is 0.179. The van der Waals surface area contributed by atoms with Crippen LogP contribution in [0.25, 0.3) is 0 Å². The van der Waals surface area contributed by atoms with Gasteiger partial charge in [-0.15, -0.1) is 0 Å². The highest BCUT2D eigenvalue weighted by Gasteiger charge is 2.22.